The van der Waals surface area contributed by atoms with Gasteiger partial charge in [-0.15, -0.1) is 0 Å². The number of quaternary nitrogens is 1. The number of hydrogen-bond acceptors (Lipinski definition) is 7. The molecule has 0 amide bonds. The van der Waals surface area contributed by atoms with E-state index in [0.29, 0.717) is 23.9 Å². The Bertz CT molecular complexity index is 1540. The summed E-state index contributed by atoms with van der Waals surface area (Å²) in [4.78, 5) is 37.4. The van der Waals surface area contributed by atoms with E-state index in [9.17, 15) is 19.5 Å². The molecule has 9 nitrogen and oxygen atoms in total. The third-order valence-corrected chi connectivity index (χ3v) is 13.6. The molecule has 0 saturated carbocycles. The van der Waals surface area contributed by atoms with Crippen molar-refractivity contribution in [2.75, 3.05) is 47.5 Å². The molecule has 77 heavy (non-hydrogen) atoms. The summed E-state index contributed by atoms with van der Waals surface area (Å²) in [6.45, 7) is 4.71. The third-order valence-electron chi connectivity index (χ3n) is 13.6. The first-order chi connectivity index (χ1) is 37.6. The number of rotatable bonds is 58. The van der Waals surface area contributed by atoms with Crippen LogP contribution in [-0.4, -0.2) is 87.4 Å². The zero-order valence-corrected chi connectivity index (χ0v) is 50.6. The number of carboxylic acids is 1. The SMILES string of the molecule is CC/C=C\C/C=C\C/C=C\C/C=C\CCCCC(=O)OC(COC(=O)CCCCCCCCCCCCCCCCCCCCCCCC/C=C\C/C=C\C/C=C\CCCCCCC)COC(OCC[N+](C)(C)C)C(=O)O. The molecule has 0 aromatic rings. The number of nitrogens with zero attached hydrogens (tertiary/aromatic N) is 1. The van der Waals surface area contributed by atoms with Crippen molar-refractivity contribution in [3.05, 3.63) is 85.1 Å². The standard InChI is InChI=1S/C68H119NO8/c1-6-8-10-12-14-16-18-20-22-23-24-25-26-27-28-29-30-31-32-33-34-35-36-37-38-39-40-41-42-43-45-46-48-50-52-54-56-58-65(70)75-62-64(63-76-68(67(72)73)74-61-60-69(3,4)5)77-66(71)59-57-55-53-51-49-47-44-21-19-17-15-13-11-9-7-2/h9,11,15,17-18,20-21,23-24,26-27,44,49,51,64,68H,6-8,10,12-14,16,19,22,25,28-43,45-48,50,52-63H2,1-5H3/p+1/b11-9-,17-15-,20-18-,24-23-,27-26-,44-21-,51-49-. The van der Waals surface area contributed by atoms with Gasteiger partial charge in [0, 0.05) is 12.8 Å². The summed E-state index contributed by atoms with van der Waals surface area (Å²) >= 11 is 0. The summed E-state index contributed by atoms with van der Waals surface area (Å²) in [6, 6.07) is 0. The van der Waals surface area contributed by atoms with Gasteiger partial charge < -0.3 is 28.5 Å². The predicted molar refractivity (Wildman–Crippen MR) is 327 cm³/mol. The number of unbranched alkanes of at least 4 members (excludes halogenated alkanes) is 29. The number of carbonyl (C=O) groups is 3. The summed E-state index contributed by atoms with van der Waals surface area (Å²) < 4.78 is 22.8. The highest BCUT2D eigenvalue weighted by atomic mass is 16.7. The van der Waals surface area contributed by atoms with Crippen LogP contribution in [0, 0.1) is 0 Å². The minimum atomic E-state index is -1.52. The van der Waals surface area contributed by atoms with Crippen LogP contribution < -0.4 is 0 Å². The number of likely N-dealkylation sites (N-methyl/N-ethyl adjacent to an activating group) is 1. The Morgan fingerprint density at radius 2 is 0.740 bits per heavy atom. The smallest absolute Gasteiger partial charge is 0.361 e. The van der Waals surface area contributed by atoms with Crippen LogP contribution in [0.2, 0.25) is 0 Å². The van der Waals surface area contributed by atoms with E-state index in [1.165, 1.54) is 167 Å². The van der Waals surface area contributed by atoms with Crippen LogP contribution in [0.15, 0.2) is 85.1 Å². The topological polar surface area (TPSA) is 108 Å². The summed E-state index contributed by atoms with van der Waals surface area (Å²) in [6.07, 6.45) is 75.7. The molecule has 0 aliphatic rings. The van der Waals surface area contributed by atoms with Gasteiger partial charge in [0.2, 0.25) is 0 Å². The highest BCUT2D eigenvalue weighted by Crippen LogP contribution is 2.17. The molecular weight excluding hydrogens is 959 g/mol. The average Bonchev–Trinajstić information content (AvgIpc) is 3.40. The molecule has 0 aromatic carbocycles. The van der Waals surface area contributed by atoms with Gasteiger partial charge in [-0.25, -0.2) is 4.79 Å². The maximum absolute atomic E-state index is 12.8. The van der Waals surface area contributed by atoms with Gasteiger partial charge in [0.25, 0.3) is 6.29 Å². The summed E-state index contributed by atoms with van der Waals surface area (Å²) in [5.41, 5.74) is 0. The lowest BCUT2D eigenvalue weighted by atomic mass is 10.0. The molecular formula is C68H120NO8+. The third kappa shape index (κ3) is 60.0. The number of esters is 2. The monoisotopic (exact) mass is 1080 g/mol. The van der Waals surface area contributed by atoms with Gasteiger partial charge in [-0.1, -0.05) is 253 Å². The van der Waals surface area contributed by atoms with Crippen molar-refractivity contribution in [1.29, 1.82) is 0 Å². The van der Waals surface area contributed by atoms with E-state index in [4.69, 9.17) is 18.9 Å². The molecule has 0 heterocycles. The molecule has 0 aromatic heterocycles. The summed E-state index contributed by atoms with van der Waals surface area (Å²) in [7, 11) is 5.95. The van der Waals surface area contributed by atoms with Crippen LogP contribution in [0.5, 0.6) is 0 Å². The fourth-order valence-electron chi connectivity index (χ4n) is 8.78. The van der Waals surface area contributed by atoms with E-state index in [0.717, 1.165) is 70.6 Å². The highest BCUT2D eigenvalue weighted by Gasteiger charge is 2.25. The molecule has 0 fully saturated rings. The first-order valence-electron chi connectivity index (χ1n) is 31.8. The van der Waals surface area contributed by atoms with Crippen molar-refractivity contribution in [3.8, 4) is 0 Å². The number of hydrogen-bond donors (Lipinski definition) is 1. The fourth-order valence-corrected chi connectivity index (χ4v) is 8.78. The zero-order valence-electron chi connectivity index (χ0n) is 50.6. The van der Waals surface area contributed by atoms with Crippen LogP contribution in [0.25, 0.3) is 0 Å². The highest BCUT2D eigenvalue weighted by molar-refractivity contribution is 5.71. The van der Waals surface area contributed by atoms with E-state index >= 15 is 0 Å². The molecule has 0 aliphatic heterocycles. The van der Waals surface area contributed by atoms with E-state index in [-0.39, 0.29) is 32.2 Å². The number of carboxylic acid groups (broad SMARTS) is 1. The second kappa shape index (κ2) is 58.6. The second-order valence-electron chi connectivity index (χ2n) is 22.3. The Hall–Kier alpha value is -3.53. The largest absolute Gasteiger partial charge is 0.477 e. The number of ether oxygens (including phenoxy) is 4. The van der Waals surface area contributed by atoms with Gasteiger partial charge >= 0.3 is 17.9 Å². The molecule has 0 spiro atoms. The van der Waals surface area contributed by atoms with Gasteiger partial charge in [0.05, 0.1) is 34.4 Å². The Kier molecular flexibility index (Phi) is 55.9. The lowest BCUT2D eigenvalue weighted by molar-refractivity contribution is -0.870. The van der Waals surface area contributed by atoms with E-state index in [1.807, 2.05) is 21.1 Å². The van der Waals surface area contributed by atoms with Crippen LogP contribution in [-0.2, 0) is 33.3 Å². The van der Waals surface area contributed by atoms with Crippen LogP contribution >= 0.6 is 0 Å². The fraction of sp³-hybridized carbons (Fsp3) is 0.750. The Morgan fingerprint density at radius 3 is 1.13 bits per heavy atom. The Labute approximate surface area is 474 Å². The predicted octanol–water partition coefficient (Wildman–Crippen LogP) is 19.1. The van der Waals surface area contributed by atoms with E-state index < -0.39 is 24.3 Å². The van der Waals surface area contributed by atoms with E-state index in [1.54, 1.807) is 0 Å². The molecule has 0 radical (unpaired) electrons. The lowest BCUT2D eigenvalue weighted by Gasteiger charge is -2.25. The maximum atomic E-state index is 12.8. The molecule has 0 rings (SSSR count). The van der Waals surface area contributed by atoms with Gasteiger partial charge in [-0.05, 0) is 89.9 Å². The molecule has 2 unspecified atom stereocenters. The minimum absolute atomic E-state index is 0.177. The molecule has 1 N–H and O–H groups in total. The first-order valence-corrected chi connectivity index (χ1v) is 31.8. The van der Waals surface area contributed by atoms with Gasteiger partial charge in [-0.2, -0.15) is 0 Å². The van der Waals surface area contributed by atoms with Crippen molar-refractivity contribution >= 4 is 17.9 Å². The number of allylic oxidation sites excluding steroid dienone is 14. The van der Waals surface area contributed by atoms with Crippen molar-refractivity contribution in [3.63, 3.8) is 0 Å². The molecule has 2 atom stereocenters. The Balaban J connectivity index is 4.02. The van der Waals surface area contributed by atoms with Gasteiger partial charge in [0.1, 0.15) is 13.2 Å². The van der Waals surface area contributed by atoms with Gasteiger partial charge in [-0.3, -0.25) is 9.59 Å². The normalized spacial score (nSPS) is 13.3. The molecule has 0 bridgehead atoms. The number of aliphatic carboxylic acids is 1. The Morgan fingerprint density at radius 1 is 0.403 bits per heavy atom. The van der Waals surface area contributed by atoms with E-state index in [2.05, 4.69) is 98.9 Å². The second-order valence-corrected chi connectivity index (χ2v) is 22.3. The molecule has 0 aliphatic carbocycles. The first kappa shape index (κ1) is 73.5. The lowest BCUT2D eigenvalue weighted by Crippen LogP contribution is -2.40. The van der Waals surface area contributed by atoms with Crippen LogP contribution in [0.3, 0.4) is 0 Å². The average molecular weight is 1080 g/mol. The van der Waals surface area contributed by atoms with Crippen molar-refractivity contribution in [1.82, 2.24) is 0 Å². The van der Waals surface area contributed by atoms with Crippen LogP contribution in [0.1, 0.15) is 271 Å². The quantitative estimate of drug-likeness (QED) is 0.0211. The molecule has 0 saturated heterocycles. The van der Waals surface area contributed by atoms with Crippen molar-refractivity contribution < 1.29 is 42.9 Å². The zero-order chi connectivity index (χ0) is 56.2. The molecule has 9 heteroatoms. The number of carbonyl (C=O) groups excluding carboxylic acids is 2. The van der Waals surface area contributed by atoms with Crippen molar-refractivity contribution in [2.24, 2.45) is 0 Å². The van der Waals surface area contributed by atoms with Crippen LogP contribution in [0.4, 0.5) is 0 Å². The summed E-state index contributed by atoms with van der Waals surface area (Å²) in [5, 5.41) is 9.69. The summed E-state index contributed by atoms with van der Waals surface area (Å²) in [5.74, 6) is -2.06. The minimum Gasteiger partial charge on any atom is -0.477 e. The maximum Gasteiger partial charge on any atom is 0.361 e. The van der Waals surface area contributed by atoms with Crippen molar-refractivity contribution in [2.45, 2.75) is 283 Å². The van der Waals surface area contributed by atoms with Gasteiger partial charge in [0.15, 0.2) is 6.10 Å². The molecule has 444 valence electrons.